The minimum Gasteiger partial charge on any atom is -0.311 e. The van der Waals surface area contributed by atoms with Gasteiger partial charge in [0.25, 0.3) is 0 Å². The number of hydrogen-bond acceptors (Lipinski definition) is 2. The van der Waals surface area contributed by atoms with Crippen LogP contribution in [0.15, 0.2) is 36.4 Å². The highest BCUT2D eigenvalue weighted by Gasteiger charge is 1.97. The predicted octanol–water partition coefficient (Wildman–Crippen LogP) is 4.12. The number of nitrogens with one attached hydrogen (secondary N) is 1. The molecular formula is C16H21ClN2. The van der Waals surface area contributed by atoms with Crippen molar-refractivity contribution in [3.8, 4) is 0 Å². The fraction of sp³-hybridized carbons (Fsp3) is 0.438. The summed E-state index contributed by atoms with van der Waals surface area (Å²) in [5, 5.41) is 4.65. The molecule has 0 atom stereocenters. The van der Waals surface area contributed by atoms with Crippen LogP contribution in [-0.4, -0.2) is 17.4 Å². The van der Waals surface area contributed by atoms with Gasteiger partial charge in [-0.2, -0.15) is 0 Å². The van der Waals surface area contributed by atoms with Crippen molar-refractivity contribution in [1.29, 1.82) is 0 Å². The molecule has 2 rings (SSSR count). The van der Waals surface area contributed by atoms with E-state index in [-0.39, 0.29) is 0 Å². The summed E-state index contributed by atoms with van der Waals surface area (Å²) in [6, 6.07) is 12.5. The van der Waals surface area contributed by atoms with Gasteiger partial charge in [0.15, 0.2) is 0 Å². The van der Waals surface area contributed by atoms with Crippen molar-refractivity contribution < 1.29 is 0 Å². The first kappa shape index (κ1) is 14.3. The molecule has 0 amide bonds. The summed E-state index contributed by atoms with van der Waals surface area (Å²) in [7, 11) is 0. The molecule has 1 N–H and O–H groups in total. The molecule has 1 aromatic heterocycles. The van der Waals surface area contributed by atoms with Gasteiger partial charge >= 0.3 is 0 Å². The molecule has 0 aliphatic rings. The summed E-state index contributed by atoms with van der Waals surface area (Å²) in [6.45, 7) is 1.90. The molecule has 0 spiro atoms. The zero-order valence-electron chi connectivity index (χ0n) is 11.2. The fourth-order valence-corrected chi connectivity index (χ4v) is 2.31. The topological polar surface area (TPSA) is 24.9 Å². The molecule has 1 heterocycles. The summed E-state index contributed by atoms with van der Waals surface area (Å²) in [5.41, 5.74) is 2.18. The van der Waals surface area contributed by atoms with E-state index in [1.54, 1.807) is 0 Å². The average molecular weight is 277 g/mol. The van der Waals surface area contributed by atoms with Crippen LogP contribution in [0.25, 0.3) is 10.9 Å². The molecular weight excluding hydrogens is 256 g/mol. The maximum atomic E-state index is 5.65. The Hall–Kier alpha value is -1.12. The monoisotopic (exact) mass is 276 g/mol. The first-order valence-corrected chi connectivity index (χ1v) is 7.55. The van der Waals surface area contributed by atoms with E-state index >= 15 is 0 Å². The number of pyridine rings is 1. The van der Waals surface area contributed by atoms with Crippen LogP contribution in [0.1, 0.15) is 31.4 Å². The van der Waals surface area contributed by atoms with Gasteiger partial charge in [-0.15, -0.1) is 11.6 Å². The molecule has 0 aliphatic heterocycles. The number of aromatic nitrogens is 1. The number of rotatable bonds is 8. The Morgan fingerprint density at radius 1 is 0.947 bits per heavy atom. The van der Waals surface area contributed by atoms with E-state index < -0.39 is 0 Å². The Morgan fingerprint density at radius 2 is 1.79 bits per heavy atom. The van der Waals surface area contributed by atoms with Crippen LogP contribution in [0.5, 0.6) is 0 Å². The molecule has 0 aliphatic carbocycles. The second-order valence-electron chi connectivity index (χ2n) is 4.78. The van der Waals surface area contributed by atoms with Gasteiger partial charge in [-0.1, -0.05) is 37.1 Å². The molecule has 2 aromatic rings. The van der Waals surface area contributed by atoms with Crippen molar-refractivity contribution in [2.24, 2.45) is 0 Å². The lowest BCUT2D eigenvalue weighted by atomic mass is 10.2. The lowest BCUT2D eigenvalue weighted by Gasteiger charge is -2.05. The minimum atomic E-state index is 0.786. The van der Waals surface area contributed by atoms with Crippen molar-refractivity contribution in [1.82, 2.24) is 10.3 Å². The van der Waals surface area contributed by atoms with Gasteiger partial charge in [0, 0.05) is 17.8 Å². The van der Waals surface area contributed by atoms with Gasteiger partial charge in [0.1, 0.15) is 0 Å². The Kier molecular flexibility index (Phi) is 6.12. The second kappa shape index (κ2) is 8.13. The summed E-state index contributed by atoms with van der Waals surface area (Å²) < 4.78 is 0. The first-order valence-electron chi connectivity index (χ1n) is 7.01. The second-order valence-corrected chi connectivity index (χ2v) is 5.15. The predicted molar refractivity (Wildman–Crippen MR) is 82.6 cm³/mol. The lowest BCUT2D eigenvalue weighted by molar-refractivity contribution is 0.595. The van der Waals surface area contributed by atoms with Crippen molar-refractivity contribution in [3.05, 3.63) is 42.1 Å². The number of para-hydroxylation sites is 1. The average Bonchev–Trinajstić information content (AvgIpc) is 2.46. The molecule has 0 radical (unpaired) electrons. The standard InChI is InChI=1S/C16H21ClN2/c17-11-5-1-2-6-12-18-13-15-10-9-14-7-3-4-8-16(14)19-15/h3-4,7-10,18H,1-2,5-6,11-13H2. The fourth-order valence-electron chi connectivity index (χ4n) is 2.12. The van der Waals surface area contributed by atoms with E-state index in [2.05, 4.69) is 34.6 Å². The highest BCUT2D eigenvalue weighted by Crippen LogP contribution is 2.11. The highest BCUT2D eigenvalue weighted by molar-refractivity contribution is 6.17. The van der Waals surface area contributed by atoms with Gasteiger partial charge in [0.05, 0.1) is 11.2 Å². The zero-order valence-corrected chi connectivity index (χ0v) is 12.0. The Balaban J connectivity index is 1.72. The Labute approximate surface area is 120 Å². The Bertz CT molecular complexity index is 499. The maximum absolute atomic E-state index is 5.65. The van der Waals surface area contributed by atoms with Crippen molar-refractivity contribution in [2.75, 3.05) is 12.4 Å². The normalized spacial score (nSPS) is 11.0. The minimum absolute atomic E-state index is 0.786. The van der Waals surface area contributed by atoms with Gasteiger partial charge in [-0.25, -0.2) is 0 Å². The third-order valence-corrected chi connectivity index (χ3v) is 3.47. The van der Waals surface area contributed by atoms with E-state index in [0.717, 1.165) is 36.6 Å². The Morgan fingerprint density at radius 3 is 2.68 bits per heavy atom. The summed E-state index contributed by atoms with van der Waals surface area (Å²) >= 11 is 5.65. The molecule has 0 unspecified atom stereocenters. The van der Waals surface area contributed by atoms with E-state index in [0.29, 0.717) is 0 Å². The van der Waals surface area contributed by atoms with Crippen LogP contribution in [0.4, 0.5) is 0 Å². The van der Waals surface area contributed by atoms with E-state index in [1.165, 1.54) is 24.6 Å². The quantitative estimate of drug-likeness (QED) is 0.579. The van der Waals surface area contributed by atoms with Gasteiger partial charge in [-0.3, -0.25) is 4.98 Å². The van der Waals surface area contributed by atoms with Crippen LogP contribution in [-0.2, 0) is 6.54 Å². The smallest absolute Gasteiger partial charge is 0.0705 e. The van der Waals surface area contributed by atoms with Crippen molar-refractivity contribution >= 4 is 22.5 Å². The zero-order chi connectivity index (χ0) is 13.3. The highest BCUT2D eigenvalue weighted by atomic mass is 35.5. The summed E-state index contributed by atoms with van der Waals surface area (Å²) in [6.07, 6.45) is 4.84. The van der Waals surface area contributed by atoms with Crippen LogP contribution in [0.3, 0.4) is 0 Å². The number of unbranched alkanes of at least 4 members (excludes halogenated alkanes) is 3. The van der Waals surface area contributed by atoms with Crippen molar-refractivity contribution in [3.63, 3.8) is 0 Å². The largest absolute Gasteiger partial charge is 0.311 e. The SMILES string of the molecule is ClCCCCCCNCc1ccc2ccccc2n1. The number of halogens is 1. The third-order valence-electron chi connectivity index (χ3n) is 3.20. The molecule has 0 saturated carbocycles. The molecule has 1 aromatic carbocycles. The maximum Gasteiger partial charge on any atom is 0.0705 e. The molecule has 3 heteroatoms. The van der Waals surface area contributed by atoms with Crippen LogP contribution in [0.2, 0.25) is 0 Å². The van der Waals surface area contributed by atoms with Gasteiger partial charge in [-0.05, 0) is 31.5 Å². The van der Waals surface area contributed by atoms with E-state index in [4.69, 9.17) is 11.6 Å². The number of fused-ring (bicyclic) bond motifs is 1. The van der Waals surface area contributed by atoms with E-state index in [9.17, 15) is 0 Å². The van der Waals surface area contributed by atoms with E-state index in [1.807, 2.05) is 12.1 Å². The number of benzene rings is 1. The molecule has 0 saturated heterocycles. The number of nitrogens with zero attached hydrogens (tertiary/aromatic N) is 1. The summed E-state index contributed by atoms with van der Waals surface area (Å²) in [5.74, 6) is 0.786. The van der Waals surface area contributed by atoms with Gasteiger partial charge in [0.2, 0.25) is 0 Å². The summed E-state index contributed by atoms with van der Waals surface area (Å²) in [4.78, 5) is 4.64. The number of alkyl halides is 1. The van der Waals surface area contributed by atoms with Crippen LogP contribution < -0.4 is 5.32 Å². The molecule has 0 fully saturated rings. The first-order chi connectivity index (χ1) is 9.40. The third kappa shape index (κ3) is 4.81. The van der Waals surface area contributed by atoms with Gasteiger partial charge < -0.3 is 5.32 Å². The molecule has 102 valence electrons. The van der Waals surface area contributed by atoms with Crippen LogP contribution in [0, 0.1) is 0 Å². The lowest BCUT2D eigenvalue weighted by Crippen LogP contribution is -2.15. The van der Waals surface area contributed by atoms with Crippen molar-refractivity contribution in [2.45, 2.75) is 32.2 Å². The molecule has 2 nitrogen and oxygen atoms in total. The van der Waals surface area contributed by atoms with Crippen LogP contribution >= 0.6 is 11.6 Å². The number of hydrogen-bond donors (Lipinski definition) is 1. The molecule has 19 heavy (non-hydrogen) atoms. The molecule has 0 bridgehead atoms.